The summed E-state index contributed by atoms with van der Waals surface area (Å²) in [4.78, 5) is 12.8. The number of carbonyl (C=O) groups is 1. The molecule has 4 rings (SSSR count). The molecular formula is C20H28O2. The van der Waals surface area contributed by atoms with E-state index in [1.165, 1.54) is 43.8 Å². The lowest BCUT2D eigenvalue weighted by Gasteiger charge is -2.56. The summed E-state index contributed by atoms with van der Waals surface area (Å²) in [6.07, 6.45) is 10.7. The number of carbonyl (C=O) groups excluding carboxylic acids is 1. The normalized spacial score (nSPS) is 50.6. The van der Waals surface area contributed by atoms with Crippen molar-refractivity contribution in [2.45, 2.75) is 59.3 Å². The monoisotopic (exact) mass is 300 g/mol. The molecule has 0 heterocycles. The first-order valence-electron chi connectivity index (χ1n) is 9.01. The fraction of sp³-hybridized carbons (Fsp3) is 0.750. The van der Waals surface area contributed by atoms with Crippen LogP contribution in [0.15, 0.2) is 23.5 Å². The third kappa shape index (κ3) is 1.76. The van der Waals surface area contributed by atoms with Crippen LogP contribution in [-0.2, 0) is 4.79 Å². The van der Waals surface area contributed by atoms with Crippen molar-refractivity contribution in [3.8, 4) is 0 Å². The van der Waals surface area contributed by atoms with E-state index in [-0.39, 0.29) is 17.0 Å². The first-order valence-corrected chi connectivity index (χ1v) is 9.01. The second kappa shape index (κ2) is 4.49. The molecule has 4 aliphatic carbocycles. The number of hydrogen-bond donors (Lipinski definition) is 1. The van der Waals surface area contributed by atoms with Gasteiger partial charge in [0.1, 0.15) is 5.76 Å². The van der Waals surface area contributed by atoms with Gasteiger partial charge in [-0.2, -0.15) is 0 Å². The molecule has 22 heavy (non-hydrogen) atoms. The molecule has 0 saturated heterocycles. The van der Waals surface area contributed by atoms with Crippen LogP contribution in [0.4, 0.5) is 0 Å². The van der Waals surface area contributed by atoms with Crippen molar-refractivity contribution >= 4 is 5.78 Å². The Bertz CT molecular complexity index is 587. The predicted molar refractivity (Wildman–Crippen MR) is 87.4 cm³/mol. The van der Waals surface area contributed by atoms with Gasteiger partial charge in [0.05, 0.1) is 5.41 Å². The van der Waals surface area contributed by atoms with Crippen LogP contribution in [0, 0.1) is 34.5 Å². The third-order valence-corrected chi connectivity index (χ3v) is 7.69. The van der Waals surface area contributed by atoms with Crippen LogP contribution < -0.4 is 0 Å². The Labute approximate surface area is 133 Å². The predicted octanol–water partition coefficient (Wildman–Crippen LogP) is 4.82. The molecule has 6 atom stereocenters. The molecule has 120 valence electrons. The summed E-state index contributed by atoms with van der Waals surface area (Å²) in [6.45, 7) is 7.06. The topological polar surface area (TPSA) is 37.3 Å². The second-order valence-corrected chi connectivity index (χ2v) is 8.96. The van der Waals surface area contributed by atoms with Crippen LogP contribution in [0.2, 0.25) is 0 Å². The van der Waals surface area contributed by atoms with Gasteiger partial charge in [-0.15, -0.1) is 0 Å². The number of allylic oxidation sites excluding steroid dienone is 3. The van der Waals surface area contributed by atoms with Gasteiger partial charge in [0.2, 0.25) is 0 Å². The average molecular weight is 300 g/mol. The molecule has 3 fully saturated rings. The van der Waals surface area contributed by atoms with Gasteiger partial charge >= 0.3 is 0 Å². The van der Waals surface area contributed by atoms with Crippen molar-refractivity contribution in [1.82, 2.24) is 0 Å². The summed E-state index contributed by atoms with van der Waals surface area (Å²) in [5.74, 6) is 3.12. The molecule has 0 aromatic carbocycles. The largest absolute Gasteiger partial charge is 0.508 e. The molecule has 3 saturated carbocycles. The average Bonchev–Trinajstić information content (AvgIpc) is 2.75. The van der Waals surface area contributed by atoms with E-state index in [1.54, 1.807) is 0 Å². The molecule has 2 nitrogen and oxygen atoms in total. The third-order valence-electron chi connectivity index (χ3n) is 7.69. The number of hydrogen-bond acceptors (Lipinski definition) is 2. The first-order chi connectivity index (χ1) is 10.3. The Morgan fingerprint density at radius 1 is 1.18 bits per heavy atom. The van der Waals surface area contributed by atoms with Crippen molar-refractivity contribution in [3.05, 3.63) is 23.5 Å². The van der Waals surface area contributed by atoms with E-state index in [1.807, 2.05) is 6.08 Å². The minimum absolute atomic E-state index is 0.145. The number of aliphatic hydroxyl groups excluding tert-OH is 1. The Morgan fingerprint density at radius 3 is 2.73 bits per heavy atom. The summed E-state index contributed by atoms with van der Waals surface area (Å²) >= 11 is 0. The quantitative estimate of drug-likeness (QED) is 0.696. The Morgan fingerprint density at radius 2 is 1.95 bits per heavy atom. The fourth-order valence-electron chi connectivity index (χ4n) is 6.71. The highest BCUT2D eigenvalue weighted by Crippen LogP contribution is 2.65. The summed E-state index contributed by atoms with van der Waals surface area (Å²) in [7, 11) is 0. The number of ketones is 1. The first kappa shape index (κ1) is 14.5. The maximum Gasteiger partial charge on any atom is 0.169 e. The highest BCUT2D eigenvalue weighted by molar-refractivity contribution is 5.99. The van der Waals surface area contributed by atoms with E-state index >= 15 is 0 Å². The summed E-state index contributed by atoms with van der Waals surface area (Å²) in [6, 6.07) is 0. The molecule has 0 bridgehead atoms. The summed E-state index contributed by atoms with van der Waals surface area (Å²) < 4.78 is 0. The minimum atomic E-state index is -0.345. The van der Waals surface area contributed by atoms with Crippen LogP contribution in [0.3, 0.4) is 0 Å². The van der Waals surface area contributed by atoms with E-state index in [0.717, 1.165) is 18.3 Å². The smallest absolute Gasteiger partial charge is 0.169 e. The lowest BCUT2D eigenvalue weighted by Crippen LogP contribution is -2.51. The van der Waals surface area contributed by atoms with E-state index in [0.29, 0.717) is 17.3 Å². The van der Waals surface area contributed by atoms with Crippen molar-refractivity contribution in [1.29, 1.82) is 0 Å². The van der Waals surface area contributed by atoms with Crippen molar-refractivity contribution in [3.63, 3.8) is 0 Å². The Kier molecular flexibility index (Phi) is 2.97. The lowest BCUT2D eigenvalue weighted by molar-refractivity contribution is -0.130. The molecule has 0 radical (unpaired) electrons. The van der Waals surface area contributed by atoms with Crippen LogP contribution in [0.5, 0.6) is 0 Å². The van der Waals surface area contributed by atoms with Gasteiger partial charge < -0.3 is 5.11 Å². The van der Waals surface area contributed by atoms with Crippen molar-refractivity contribution in [2.24, 2.45) is 34.5 Å². The van der Waals surface area contributed by atoms with E-state index in [9.17, 15) is 9.90 Å². The number of fused-ring (bicyclic) bond motifs is 5. The van der Waals surface area contributed by atoms with E-state index in [2.05, 4.69) is 20.8 Å². The van der Waals surface area contributed by atoms with E-state index in [4.69, 9.17) is 0 Å². The number of rotatable bonds is 0. The summed E-state index contributed by atoms with van der Waals surface area (Å²) in [5.41, 5.74) is 1.35. The van der Waals surface area contributed by atoms with Gasteiger partial charge in [-0.3, -0.25) is 4.79 Å². The molecule has 0 aliphatic heterocycles. The molecule has 0 aromatic rings. The maximum atomic E-state index is 12.8. The molecule has 0 unspecified atom stereocenters. The van der Waals surface area contributed by atoms with Gasteiger partial charge in [0.15, 0.2) is 5.78 Å². The van der Waals surface area contributed by atoms with Crippen LogP contribution in [0.1, 0.15) is 59.3 Å². The lowest BCUT2D eigenvalue weighted by atomic mass is 9.48. The Balaban J connectivity index is 1.72. The highest BCUT2D eigenvalue weighted by Gasteiger charge is 2.59. The zero-order valence-electron chi connectivity index (χ0n) is 14.1. The van der Waals surface area contributed by atoms with Gasteiger partial charge in [0.25, 0.3) is 0 Å². The molecule has 0 aromatic heterocycles. The van der Waals surface area contributed by atoms with Gasteiger partial charge in [-0.25, -0.2) is 0 Å². The molecule has 2 heteroatoms. The molecule has 0 amide bonds. The van der Waals surface area contributed by atoms with Crippen LogP contribution in [0.25, 0.3) is 0 Å². The fourth-order valence-corrected chi connectivity index (χ4v) is 6.71. The minimum Gasteiger partial charge on any atom is -0.508 e. The zero-order chi connectivity index (χ0) is 15.7. The van der Waals surface area contributed by atoms with E-state index < -0.39 is 0 Å². The molecular weight excluding hydrogens is 272 g/mol. The van der Waals surface area contributed by atoms with Crippen molar-refractivity contribution in [2.75, 3.05) is 0 Å². The maximum absolute atomic E-state index is 12.8. The summed E-state index contributed by atoms with van der Waals surface area (Å²) in [5, 5.41) is 9.82. The second-order valence-electron chi connectivity index (χ2n) is 8.96. The molecule has 1 N–H and O–H groups in total. The highest BCUT2D eigenvalue weighted by atomic mass is 16.3. The molecule has 4 aliphatic rings. The SMILES string of the molecule is C[C@@H]1C[C@H]2[C@@H]3CCC4=CC(O)=CC(=O)[C@]4(C)[C@H]3CC[C@]2(C)C1. The molecule has 0 spiro atoms. The van der Waals surface area contributed by atoms with Gasteiger partial charge in [-0.1, -0.05) is 19.4 Å². The standard InChI is InChI=1S/C20H28O2/c1-12-8-17-15-5-4-13-9-14(21)10-18(22)20(13,3)16(15)6-7-19(17,2)11-12/h9-10,12,15-17,21H,4-8,11H2,1-3H3/t12-,15-,16+,17+,19-,20+/m1/s1. The number of aliphatic hydroxyl groups is 1. The van der Waals surface area contributed by atoms with Gasteiger partial charge in [-0.05, 0) is 80.6 Å². The zero-order valence-corrected chi connectivity index (χ0v) is 14.1. The van der Waals surface area contributed by atoms with Crippen LogP contribution >= 0.6 is 0 Å². The van der Waals surface area contributed by atoms with Gasteiger partial charge in [0, 0.05) is 6.08 Å². The van der Waals surface area contributed by atoms with Crippen molar-refractivity contribution < 1.29 is 9.90 Å². The van der Waals surface area contributed by atoms with Crippen LogP contribution in [-0.4, -0.2) is 10.9 Å². The Hall–Kier alpha value is -1.05.